The number of hydrogen-bond donors (Lipinski definition) is 1. The van der Waals surface area contributed by atoms with Gasteiger partial charge in [0.2, 0.25) is 0 Å². The Morgan fingerprint density at radius 2 is 2.21 bits per heavy atom. The Hall–Kier alpha value is -1.72. The number of pyridine rings is 1. The number of para-hydroxylation sites is 1. The summed E-state index contributed by atoms with van der Waals surface area (Å²) in [6, 6.07) is 7.79. The monoisotopic (exact) mass is 296 g/mol. The van der Waals surface area contributed by atoms with E-state index in [0.29, 0.717) is 5.69 Å². The van der Waals surface area contributed by atoms with E-state index in [1.54, 1.807) is 24.4 Å². The number of thiocarbonyl (C=S) groups is 1. The molecule has 3 nitrogen and oxygen atoms in total. The highest BCUT2D eigenvalue weighted by Gasteiger charge is 2.08. The fourth-order valence-electron chi connectivity index (χ4n) is 1.47. The largest absolute Gasteiger partial charge is 0.484 e. The molecule has 2 N–H and O–H groups in total. The van der Waals surface area contributed by atoms with Gasteiger partial charge in [0.15, 0.2) is 11.6 Å². The summed E-state index contributed by atoms with van der Waals surface area (Å²) in [4.78, 5) is 4.21. The van der Waals surface area contributed by atoms with Crippen molar-refractivity contribution in [2.24, 2.45) is 5.73 Å². The van der Waals surface area contributed by atoms with E-state index in [4.69, 9.17) is 34.3 Å². The maximum Gasteiger partial charge on any atom is 0.174 e. The molecule has 0 bridgehead atoms. The van der Waals surface area contributed by atoms with Crippen molar-refractivity contribution in [3.63, 3.8) is 0 Å². The molecule has 1 heterocycles. The van der Waals surface area contributed by atoms with E-state index < -0.39 is 5.82 Å². The van der Waals surface area contributed by atoms with Crippen LogP contribution in [-0.2, 0) is 6.61 Å². The Labute approximate surface area is 120 Å². The highest BCUT2D eigenvalue weighted by atomic mass is 35.5. The van der Waals surface area contributed by atoms with Crippen LogP contribution in [0.4, 0.5) is 4.39 Å². The summed E-state index contributed by atoms with van der Waals surface area (Å²) < 4.78 is 18.9. The lowest BCUT2D eigenvalue weighted by Crippen LogP contribution is -2.12. The molecule has 6 heteroatoms. The number of rotatable bonds is 4. The number of aromatic nitrogens is 1. The third kappa shape index (κ3) is 3.39. The van der Waals surface area contributed by atoms with Gasteiger partial charge in [0.1, 0.15) is 11.6 Å². The standard InChI is InChI=1S/C13H10ClFN2OS/c14-9-2-1-3-10(15)12(9)18-7-8-4-5-17-11(6-8)13(16)19/h1-6H,7H2,(H2,16,19). The van der Waals surface area contributed by atoms with E-state index in [-0.39, 0.29) is 22.4 Å². The molecule has 0 aliphatic rings. The molecule has 19 heavy (non-hydrogen) atoms. The molecule has 0 saturated carbocycles. The number of benzene rings is 1. The minimum atomic E-state index is -0.504. The van der Waals surface area contributed by atoms with E-state index >= 15 is 0 Å². The molecule has 0 aliphatic carbocycles. The predicted molar refractivity (Wildman–Crippen MR) is 75.9 cm³/mol. The zero-order chi connectivity index (χ0) is 13.8. The van der Waals surface area contributed by atoms with Gasteiger partial charge in [0.05, 0.1) is 10.7 Å². The number of ether oxygens (including phenoxy) is 1. The first-order chi connectivity index (χ1) is 9.08. The average Bonchev–Trinajstić information content (AvgIpc) is 2.38. The van der Waals surface area contributed by atoms with Crippen LogP contribution in [0.25, 0.3) is 0 Å². The van der Waals surface area contributed by atoms with Crippen LogP contribution in [0.3, 0.4) is 0 Å². The van der Waals surface area contributed by atoms with Crippen LogP contribution < -0.4 is 10.5 Å². The van der Waals surface area contributed by atoms with Crippen molar-refractivity contribution in [2.45, 2.75) is 6.61 Å². The third-order valence-electron chi connectivity index (χ3n) is 2.38. The number of halogens is 2. The van der Waals surface area contributed by atoms with Gasteiger partial charge in [0.25, 0.3) is 0 Å². The Bertz CT molecular complexity index is 601. The van der Waals surface area contributed by atoms with Gasteiger partial charge in [-0.05, 0) is 29.8 Å². The second-order valence-electron chi connectivity index (χ2n) is 3.75. The molecule has 2 rings (SSSR count). The minimum absolute atomic E-state index is 0.0258. The summed E-state index contributed by atoms with van der Waals surface area (Å²) in [6.45, 7) is 0.152. The molecule has 0 saturated heterocycles. The van der Waals surface area contributed by atoms with Crippen LogP contribution in [0.15, 0.2) is 36.5 Å². The first kappa shape index (κ1) is 13.7. The summed E-state index contributed by atoms with van der Waals surface area (Å²) >= 11 is 10.7. The van der Waals surface area contributed by atoms with Crippen LogP contribution in [-0.4, -0.2) is 9.97 Å². The van der Waals surface area contributed by atoms with E-state index in [9.17, 15) is 4.39 Å². The lowest BCUT2D eigenvalue weighted by molar-refractivity contribution is 0.290. The Balaban J connectivity index is 2.15. The van der Waals surface area contributed by atoms with E-state index in [1.807, 2.05) is 0 Å². The lowest BCUT2D eigenvalue weighted by atomic mass is 10.2. The summed E-state index contributed by atoms with van der Waals surface area (Å²) in [6.07, 6.45) is 1.57. The van der Waals surface area contributed by atoms with Crippen molar-refractivity contribution in [3.8, 4) is 5.75 Å². The van der Waals surface area contributed by atoms with Gasteiger partial charge >= 0.3 is 0 Å². The predicted octanol–water partition coefficient (Wildman–Crippen LogP) is 3.09. The molecule has 0 unspecified atom stereocenters. The lowest BCUT2D eigenvalue weighted by Gasteiger charge is -2.09. The molecule has 0 fully saturated rings. The van der Waals surface area contributed by atoms with Gasteiger partial charge in [-0.25, -0.2) is 4.39 Å². The zero-order valence-electron chi connectivity index (χ0n) is 9.77. The smallest absolute Gasteiger partial charge is 0.174 e. The van der Waals surface area contributed by atoms with Gasteiger partial charge < -0.3 is 10.5 Å². The topological polar surface area (TPSA) is 48.1 Å². The van der Waals surface area contributed by atoms with E-state index in [0.717, 1.165) is 5.56 Å². The molecule has 2 aromatic rings. The third-order valence-corrected chi connectivity index (χ3v) is 2.89. The van der Waals surface area contributed by atoms with Gasteiger partial charge in [-0.1, -0.05) is 29.9 Å². The Morgan fingerprint density at radius 1 is 1.42 bits per heavy atom. The summed E-state index contributed by atoms with van der Waals surface area (Å²) in [5.74, 6) is -0.478. The Kier molecular flexibility index (Phi) is 4.29. The average molecular weight is 297 g/mol. The molecular weight excluding hydrogens is 287 g/mol. The summed E-state index contributed by atoms with van der Waals surface area (Å²) in [5.41, 5.74) is 6.76. The Morgan fingerprint density at radius 3 is 2.89 bits per heavy atom. The second-order valence-corrected chi connectivity index (χ2v) is 4.60. The van der Waals surface area contributed by atoms with Crippen molar-refractivity contribution < 1.29 is 9.13 Å². The first-order valence-electron chi connectivity index (χ1n) is 5.39. The van der Waals surface area contributed by atoms with Crippen molar-refractivity contribution in [1.29, 1.82) is 0 Å². The second kappa shape index (κ2) is 5.95. The maximum absolute atomic E-state index is 13.5. The van der Waals surface area contributed by atoms with Gasteiger partial charge in [-0.3, -0.25) is 4.98 Å². The summed E-state index contributed by atoms with van der Waals surface area (Å²) in [5, 5.41) is 0.226. The minimum Gasteiger partial charge on any atom is -0.484 e. The number of nitrogens with two attached hydrogens (primary N) is 1. The van der Waals surface area contributed by atoms with E-state index in [2.05, 4.69) is 4.98 Å². The maximum atomic E-state index is 13.5. The van der Waals surface area contributed by atoms with Crippen molar-refractivity contribution >= 4 is 28.8 Å². The van der Waals surface area contributed by atoms with Crippen molar-refractivity contribution in [3.05, 3.63) is 58.6 Å². The van der Waals surface area contributed by atoms with Crippen LogP contribution >= 0.6 is 23.8 Å². The van der Waals surface area contributed by atoms with Crippen LogP contribution in [0.2, 0.25) is 5.02 Å². The quantitative estimate of drug-likeness (QED) is 0.881. The molecule has 0 atom stereocenters. The van der Waals surface area contributed by atoms with Crippen LogP contribution in [0.5, 0.6) is 5.75 Å². The molecule has 1 aromatic carbocycles. The van der Waals surface area contributed by atoms with E-state index in [1.165, 1.54) is 12.1 Å². The number of hydrogen-bond acceptors (Lipinski definition) is 3. The molecule has 98 valence electrons. The molecule has 0 radical (unpaired) electrons. The molecule has 1 aromatic heterocycles. The fraction of sp³-hybridized carbons (Fsp3) is 0.0769. The summed E-state index contributed by atoms with van der Waals surface area (Å²) in [7, 11) is 0. The molecule has 0 spiro atoms. The van der Waals surface area contributed by atoms with Crippen molar-refractivity contribution in [1.82, 2.24) is 4.98 Å². The molecule has 0 amide bonds. The van der Waals surface area contributed by atoms with Gasteiger partial charge in [0, 0.05) is 6.20 Å². The van der Waals surface area contributed by atoms with Crippen molar-refractivity contribution in [2.75, 3.05) is 0 Å². The zero-order valence-corrected chi connectivity index (χ0v) is 11.3. The van der Waals surface area contributed by atoms with Gasteiger partial charge in [-0.2, -0.15) is 0 Å². The first-order valence-corrected chi connectivity index (χ1v) is 6.18. The van der Waals surface area contributed by atoms with Crippen LogP contribution in [0, 0.1) is 5.82 Å². The highest BCUT2D eigenvalue weighted by Crippen LogP contribution is 2.27. The highest BCUT2D eigenvalue weighted by molar-refractivity contribution is 7.80. The number of nitrogens with zero attached hydrogens (tertiary/aromatic N) is 1. The molecular formula is C13H10ClFN2OS. The fourth-order valence-corrected chi connectivity index (χ4v) is 1.80. The molecule has 0 aliphatic heterocycles. The SMILES string of the molecule is NC(=S)c1cc(COc2c(F)cccc2Cl)ccn1. The van der Waals surface area contributed by atoms with Crippen LogP contribution in [0.1, 0.15) is 11.3 Å². The normalized spacial score (nSPS) is 10.2. The van der Waals surface area contributed by atoms with Gasteiger partial charge in [-0.15, -0.1) is 0 Å².